The van der Waals surface area contributed by atoms with Crippen LogP contribution < -0.4 is 30.4 Å². The zero-order chi connectivity index (χ0) is 40.9. The number of carbonyl (C=O) groups is 2. The van der Waals surface area contributed by atoms with Crippen molar-refractivity contribution in [2.45, 2.75) is 0 Å². The van der Waals surface area contributed by atoms with E-state index in [-0.39, 0.29) is 34.3 Å². The first-order valence-electron chi connectivity index (χ1n) is 18.6. The number of benzene rings is 2. The van der Waals surface area contributed by atoms with Gasteiger partial charge in [0.05, 0.1) is 36.9 Å². The van der Waals surface area contributed by atoms with Gasteiger partial charge in [0.1, 0.15) is 17.5 Å². The number of pyridine rings is 2. The zero-order valence-electron chi connectivity index (χ0n) is 32.5. The van der Waals surface area contributed by atoms with E-state index in [1.807, 2.05) is 24.3 Å². The summed E-state index contributed by atoms with van der Waals surface area (Å²) in [4.78, 5) is 67.0. The Bertz CT molecular complexity index is 2680. The third kappa shape index (κ3) is 7.72. The first-order valence-corrected chi connectivity index (χ1v) is 18.6. The third-order valence-electron chi connectivity index (χ3n) is 10.3. The fraction of sp³-hybridized carbons (Fsp3) is 0.293. The molecule has 2 aliphatic heterocycles. The number of aryl methyl sites for hydroxylation is 2. The molecule has 296 valence electrons. The molecule has 0 N–H and O–H groups in total. The number of nitrogens with zero attached hydrogens (tertiary/aromatic N) is 11. The van der Waals surface area contributed by atoms with Crippen LogP contribution in [0.5, 0.6) is 11.6 Å². The summed E-state index contributed by atoms with van der Waals surface area (Å²) < 4.78 is 13.0. The highest BCUT2D eigenvalue weighted by Gasteiger charge is 2.28. The van der Waals surface area contributed by atoms with Crippen molar-refractivity contribution < 1.29 is 19.1 Å². The molecule has 0 spiro atoms. The second-order valence-electron chi connectivity index (χ2n) is 13.6. The maximum atomic E-state index is 13.2. The lowest BCUT2D eigenvalue weighted by Gasteiger charge is -2.36. The molecule has 2 amide bonds. The Labute approximate surface area is 332 Å². The summed E-state index contributed by atoms with van der Waals surface area (Å²) in [6.45, 7) is 4.68. The van der Waals surface area contributed by atoms with Gasteiger partial charge in [-0.25, -0.2) is 19.3 Å². The van der Waals surface area contributed by atoms with Crippen LogP contribution >= 0.6 is 0 Å². The molecule has 0 unspecified atom stereocenters. The summed E-state index contributed by atoms with van der Waals surface area (Å²) in [7, 11) is 6.26. The van der Waals surface area contributed by atoms with Crippen LogP contribution in [-0.4, -0.2) is 118 Å². The topological polar surface area (TPSA) is 185 Å². The fourth-order valence-corrected chi connectivity index (χ4v) is 7.13. The molecular weight excluding hydrogens is 743 g/mol. The molecule has 17 heteroatoms. The van der Waals surface area contributed by atoms with Crippen molar-refractivity contribution in [1.82, 2.24) is 39.3 Å². The summed E-state index contributed by atoms with van der Waals surface area (Å²) >= 11 is 0. The maximum absolute atomic E-state index is 13.2. The fourth-order valence-electron chi connectivity index (χ4n) is 7.13. The molecule has 2 aromatic carbocycles. The highest BCUT2D eigenvalue weighted by molar-refractivity contribution is 6.05. The quantitative estimate of drug-likeness (QED) is 0.240. The molecule has 8 rings (SSSR count). The first kappa shape index (κ1) is 38.9. The highest BCUT2D eigenvalue weighted by atomic mass is 16.5. The number of methoxy groups -OCH3 is 2. The predicted octanol–water partition coefficient (Wildman–Crippen LogP) is 2.47. The molecule has 0 saturated carbocycles. The SMILES string of the molecule is COc1cc(C#N)ncc1N1CCN(C(=O)c2nn(C)c(=O)c3ccccc23)CC1.COc1cc(N2CCN(C(=O)c3nn(C)c(=O)c4ccccc34)CC2)ccn1. The molecule has 0 radical (unpaired) electrons. The van der Waals surface area contributed by atoms with E-state index >= 15 is 0 Å². The van der Waals surface area contributed by atoms with Gasteiger partial charge in [-0.2, -0.15) is 15.5 Å². The summed E-state index contributed by atoms with van der Waals surface area (Å²) in [6, 6.07) is 21.6. The number of hydrogen-bond donors (Lipinski definition) is 0. The van der Waals surface area contributed by atoms with Gasteiger partial charge in [-0.15, -0.1) is 0 Å². The van der Waals surface area contributed by atoms with Crippen LogP contribution in [0.15, 0.2) is 88.7 Å². The molecule has 6 aromatic rings. The van der Waals surface area contributed by atoms with Gasteiger partial charge in [-0.1, -0.05) is 36.4 Å². The van der Waals surface area contributed by atoms with Crippen molar-refractivity contribution in [1.29, 1.82) is 5.26 Å². The molecule has 0 bridgehead atoms. The minimum absolute atomic E-state index is 0.154. The number of aromatic nitrogens is 6. The predicted molar refractivity (Wildman–Crippen MR) is 216 cm³/mol. The van der Waals surface area contributed by atoms with E-state index < -0.39 is 0 Å². The third-order valence-corrected chi connectivity index (χ3v) is 10.3. The molecule has 17 nitrogen and oxygen atoms in total. The van der Waals surface area contributed by atoms with Crippen LogP contribution in [0.3, 0.4) is 0 Å². The van der Waals surface area contributed by atoms with Crippen LogP contribution in [0.4, 0.5) is 11.4 Å². The summed E-state index contributed by atoms with van der Waals surface area (Å²) in [5.74, 6) is 0.786. The number of fused-ring (bicyclic) bond motifs is 2. The van der Waals surface area contributed by atoms with Crippen molar-refractivity contribution in [3.8, 4) is 17.7 Å². The molecule has 2 fully saturated rings. The van der Waals surface area contributed by atoms with Crippen LogP contribution in [-0.2, 0) is 14.1 Å². The lowest BCUT2D eigenvalue weighted by molar-refractivity contribution is 0.0733. The van der Waals surface area contributed by atoms with Crippen molar-refractivity contribution in [3.05, 3.63) is 117 Å². The Morgan fingerprint density at radius 1 is 0.655 bits per heavy atom. The van der Waals surface area contributed by atoms with Crippen molar-refractivity contribution in [3.63, 3.8) is 0 Å². The highest BCUT2D eigenvalue weighted by Crippen LogP contribution is 2.29. The summed E-state index contributed by atoms with van der Waals surface area (Å²) in [5, 5.41) is 19.6. The van der Waals surface area contributed by atoms with Gasteiger partial charge in [0.25, 0.3) is 22.9 Å². The molecule has 6 heterocycles. The minimum Gasteiger partial charge on any atom is -0.494 e. The largest absolute Gasteiger partial charge is 0.494 e. The molecule has 2 saturated heterocycles. The molecule has 4 aromatic heterocycles. The second kappa shape index (κ2) is 16.8. The minimum atomic E-state index is -0.229. The number of hydrogen-bond acceptors (Lipinski definition) is 13. The summed E-state index contributed by atoms with van der Waals surface area (Å²) in [6.07, 6.45) is 3.34. The molecular formula is C41H41N11O6. The molecule has 0 aliphatic carbocycles. The Hall–Kier alpha value is -7.35. The van der Waals surface area contributed by atoms with Gasteiger partial charge >= 0.3 is 0 Å². The Kier molecular flexibility index (Phi) is 11.3. The van der Waals surface area contributed by atoms with Crippen molar-refractivity contribution in [2.24, 2.45) is 14.1 Å². The van der Waals surface area contributed by atoms with E-state index in [4.69, 9.17) is 14.7 Å². The van der Waals surface area contributed by atoms with Crippen molar-refractivity contribution >= 4 is 44.7 Å². The maximum Gasteiger partial charge on any atom is 0.275 e. The van der Waals surface area contributed by atoms with E-state index in [0.717, 1.165) is 11.4 Å². The van der Waals surface area contributed by atoms with Crippen LogP contribution in [0.25, 0.3) is 21.5 Å². The second-order valence-corrected chi connectivity index (χ2v) is 13.6. The van der Waals surface area contributed by atoms with Gasteiger partial charge in [0.15, 0.2) is 11.4 Å². The lowest BCUT2D eigenvalue weighted by Crippen LogP contribution is -2.49. The van der Waals surface area contributed by atoms with Crippen LogP contribution in [0.2, 0.25) is 0 Å². The smallest absolute Gasteiger partial charge is 0.275 e. The van der Waals surface area contributed by atoms with E-state index in [9.17, 15) is 19.2 Å². The Morgan fingerprint density at radius 2 is 1.16 bits per heavy atom. The first-order chi connectivity index (χ1) is 28.1. The zero-order valence-corrected chi connectivity index (χ0v) is 32.5. The standard InChI is InChI=1S/C21H20N6O3.C20H21N5O3/c1-25-20(28)16-6-4-3-5-15(16)19(24-25)21(29)27-9-7-26(8-10-27)17-13-23-14(12-22)11-18(17)30-2;1-23-19(26)16-6-4-3-5-15(16)18(22-23)20(27)25-11-9-24(10-12-25)14-7-8-21-17(13-14)28-2/h3-6,11,13H,7-10H2,1-2H3;3-8,13H,9-12H2,1-2H3. The van der Waals surface area contributed by atoms with Gasteiger partial charge in [0.2, 0.25) is 5.88 Å². The van der Waals surface area contributed by atoms with Crippen molar-refractivity contribution in [2.75, 3.05) is 76.4 Å². The molecule has 58 heavy (non-hydrogen) atoms. The van der Waals surface area contributed by atoms with Crippen LogP contribution in [0, 0.1) is 11.3 Å². The number of nitriles is 1. The monoisotopic (exact) mass is 783 g/mol. The number of rotatable bonds is 6. The van der Waals surface area contributed by atoms with E-state index in [1.165, 1.54) is 9.36 Å². The number of amides is 2. The summed E-state index contributed by atoms with van der Waals surface area (Å²) in [5.41, 5.74) is 2.25. The lowest BCUT2D eigenvalue weighted by atomic mass is 10.1. The van der Waals surface area contributed by atoms with Gasteiger partial charge in [-0.05, 0) is 18.2 Å². The Morgan fingerprint density at radius 3 is 1.64 bits per heavy atom. The van der Waals surface area contributed by atoms with Gasteiger partial charge < -0.3 is 29.1 Å². The van der Waals surface area contributed by atoms with Gasteiger partial charge in [0, 0.05) is 101 Å². The van der Waals surface area contributed by atoms with Gasteiger partial charge in [-0.3, -0.25) is 19.2 Å². The van der Waals surface area contributed by atoms with E-state index in [0.29, 0.717) is 91.2 Å². The number of carbonyl (C=O) groups excluding carboxylic acids is 2. The number of piperazine rings is 2. The Balaban J connectivity index is 0.000000177. The number of ether oxygens (including phenoxy) is 2. The molecule has 2 aliphatic rings. The van der Waals surface area contributed by atoms with E-state index in [1.54, 1.807) is 99.0 Å². The average molecular weight is 784 g/mol. The van der Waals surface area contributed by atoms with E-state index in [2.05, 4.69) is 30.0 Å². The van der Waals surface area contributed by atoms with Crippen LogP contribution in [0.1, 0.15) is 26.7 Å². The normalized spacial score (nSPS) is 14.1. The average Bonchev–Trinajstić information content (AvgIpc) is 3.28. The number of anilines is 2. The molecule has 0 atom stereocenters.